The van der Waals surface area contributed by atoms with Gasteiger partial charge in [-0.05, 0) is 24.2 Å². The second-order valence-corrected chi connectivity index (χ2v) is 7.38. The number of carbonyl (C=O) groups excluding carboxylic acids is 3. The number of methoxy groups -OCH3 is 1. The van der Waals surface area contributed by atoms with E-state index in [1.807, 2.05) is 0 Å². The number of nitrogens with two attached hydrogens (primary N) is 1. The second-order valence-electron chi connectivity index (χ2n) is 7.01. The molecular formula is C16H28N2O5S. The molecule has 7 nitrogen and oxygen atoms in total. The van der Waals surface area contributed by atoms with Gasteiger partial charge in [-0.1, -0.05) is 20.8 Å². The number of rotatable bonds is 7. The molecule has 0 amide bonds. The normalized spacial score (nSPS) is 24.9. The van der Waals surface area contributed by atoms with Crippen LogP contribution >= 0.6 is 12.6 Å². The van der Waals surface area contributed by atoms with Crippen molar-refractivity contribution in [3.63, 3.8) is 0 Å². The lowest BCUT2D eigenvalue weighted by Crippen LogP contribution is -2.52. The number of hydrogen-bond donors (Lipinski definition) is 3. The first-order valence-corrected chi connectivity index (χ1v) is 8.70. The van der Waals surface area contributed by atoms with Gasteiger partial charge in [0.2, 0.25) is 0 Å². The SMILES string of the molecule is COC(=O)C[C@H](N)C(=O)OC(=O)[C@H](CS)NC1[C@@H](C)CCC1(C)C. The van der Waals surface area contributed by atoms with Crippen molar-refractivity contribution in [1.29, 1.82) is 0 Å². The van der Waals surface area contributed by atoms with Crippen LogP contribution in [0, 0.1) is 11.3 Å². The molecule has 0 aromatic carbocycles. The Kier molecular flexibility index (Phi) is 7.69. The molecule has 0 radical (unpaired) electrons. The van der Waals surface area contributed by atoms with Crippen LogP contribution < -0.4 is 11.1 Å². The zero-order valence-electron chi connectivity index (χ0n) is 14.7. The van der Waals surface area contributed by atoms with E-state index in [0.717, 1.165) is 12.8 Å². The molecule has 0 saturated heterocycles. The summed E-state index contributed by atoms with van der Waals surface area (Å²) in [7, 11) is 1.19. The Bertz CT molecular complexity index is 483. The maximum Gasteiger partial charge on any atom is 0.331 e. The van der Waals surface area contributed by atoms with E-state index in [4.69, 9.17) is 10.5 Å². The Morgan fingerprint density at radius 3 is 2.42 bits per heavy atom. The van der Waals surface area contributed by atoms with E-state index in [1.54, 1.807) is 0 Å². The maximum atomic E-state index is 12.2. The van der Waals surface area contributed by atoms with Crippen LogP contribution in [-0.4, -0.2) is 48.9 Å². The minimum Gasteiger partial charge on any atom is -0.469 e. The third-order valence-corrected chi connectivity index (χ3v) is 4.99. The Hall–Kier alpha value is -1.12. The molecule has 8 heteroatoms. The number of esters is 3. The molecule has 0 heterocycles. The molecule has 0 aromatic rings. The Morgan fingerprint density at radius 1 is 1.33 bits per heavy atom. The molecule has 1 unspecified atom stereocenters. The lowest BCUT2D eigenvalue weighted by Gasteiger charge is -2.33. The third-order valence-electron chi connectivity index (χ3n) is 4.62. The summed E-state index contributed by atoms with van der Waals surface area (Å²) in [6, 6.07) is -1.82. The van der Waals surface area contributed by atoms with Gasteiger partial charge in [0.1, 0.15) is 12.1 Å². The first-order valence-electron chi connectivity index (χ1n) is 8.07. The van der Waals surface area contributed by atoms with Crippen LogP contribution in [0.4, 0.5) is 0 Å². The first kappa shape index (κ1) is 20.9. The fourth-order valence-electron chi connectivity index (χ4n) is 3.09. The van der Waals surface area contributed by atoms with Crippen LogP contribution in [0.2, 0.25) is 0 Å². The van der Waals surface area contributed by atoms with Crippen molar-refractivity contribution in [2.24, 2.45) is 17.1 Å². The van der Waals surface area contributed by atoms with Crippen LogP contribution in [0.5, 0.6) is 0 Å². The number of carbonyl (C=O) groups is 3. The highest BCUT2D eigenvalue weighted by atomic mass is 32.1. The average Bonchev–Trinajstić information content (AvgIpc) is 2.77. The molecule has 3 N–H and O–H groups in total. The monoisotopic (exact) mass is 360 g/mol. The second kappa shape index (κ2) is 8.82. The summed E-state index contributed by atoms with van der Waals surface area (Å²) in [5.41, 5.74) is 5.59. The van der Waals surface area contributed by atoms with Crippen molar-refractivity contribution in [3.05, 3.63) is 0 Å². The highest BCUT2D eigenvalue weighted by Gasteiger charge is 2.41. The summed E-state index contributed by atoms with van der Waals surface area (Å²) >= 11 is 4.18. The van der Waals surface area contributed by atoms with Gasteiger partial charge in [0, 0.05) is 11.8 Å². The van der Waals surface area contributed by atoms with Crippen LogP contribution in [0.15, 0.2) is 0 Å². The van der Waals surface area contributed by atoms with Gasteiger partial charge in [-0.3, -0.25) is 4.79 Å². The quantitative estimate of drug-likeness (QED) is 0.348. The van der Waals surface area contributed by atoms with Crippen LogP contribution in [-0.2, 0) is 23.9 Å². The molecule has 1 aliphatic carbocycles. The molecule has 138 valence electrons. The standard InChI is InChI=1S/C16H28N2O5S/c1-9-5-6-16(2,3)13(9)18-11(8-24)15(21)23-14(20)10(17)7-12(19)22-4/h9-11,13,18,24H,5-8,17H2,1-4H3/t9-,10-,11-,13?/m0/s1. The number of nitrogens with one attached hydrogen (secondary N) is 1. The Balaban J connectivity index is 2.63. The summed E-state index contributed by atoms with van der Waals surface area (Å²) < 4.78 is 9.23. The third kappa shape index (κ3) is 5.46. The largest absolute Gasteiger partial charge is 0.469 e. The van der Waals surface area contributed by atoms with Crippen molar-refractivity contribution in [1.82, 2.24) is 5.32 Å². The van der Waals surface area contributed by atoms with Crippen molar-refractivity contribution < 1.29 is 23.9 Å². The lowest BCUT2D eigenvalue weighted by atomic mass is 9.85. The topological polar surface area (TPSA) is 108 Å². The Morgan fingerprint density at radius 2 is 1.96 bits per heavy atom. The van der Waals surface area contributed by atoms with Gasteiger partial charge in [0.15, 0.2) is 0 Å². The predicted molar refractivity (Wildman–Crippen MR) is 92.5 cm³/mol. The fraction of sp³-hybridized carbons (Fsp3) is 0.812. The lowest BCUT2D eigenvalue weighted by molar-refractivity contribution is -0.163. The van der Waals surface area contributed by atoms with Gasteiger partial charge in [-0.25, -0.2) is 9.59 Å². The molecule has 1 aliphatic rings. The molecule has 0 spiro atoms. The van der Waals surface area contributed by atoms with Crippen molar-refractivity contribution in [3.8, 4) is 0 Å². The minimum atomic E-state index is -1.23. The fourth-order valence-corrected chi connectivity index (χ4v) is 3.34. The summed E-state index contributed by atoms with van der Waals surface area (Å²) in [6.45, 7) is 6.42. The van der Waals surface area contributed by atoms with E-state index in [1.165, 1.54) is 7.11 Å². The van der Waals surface area contributed by atoms with E-state index in [0.29, 0.717) is 5.92 Å². The highest BCUT2D eigenvalue weighted by Crippen LogP contribution is 2.41. The highest BCUT2D eigenvalue weighted by molar-refractivity contribution is 7.80. The molecule has 0 aliphatic heterocycles. The first-order chi connectivity index (χ1) is 11.1. The molecule has 24 heavy (non-hydrogen) atoms. The van der Waals surface area contributed by atoms with Crippen LogP contribution in [0.3, 0.4) is 0 Å². The van der Waals surface area contributed by atoms with E-state index in [9.17, 15) is 14.4 Å². The van der Waals surface area contributed by atoms with Gasteiger partial charge in [0.05, 0.1) is 13.5 Å². The van der Waals surface area contributed by atoms with Crippen molar-refractivity contribution in [2.45, 2.75) is 58.2 Å². The zero-order valence-corrected chi connectivity index (χ0v) is 15.6. The summed E-state index contributed by atoms with van der Waals surface area (Å²) in [5, 5.41) is 3.27. The molecular weight excluding hydrogens is 332 g/mol. The Labute approximate surface area is 148 Å². The average molecular weight is 360 g/mol. The van der Waals surface area contributed by atoms with Crippen LogP contribution in [0.25, 0.3) is 0 Å². The molecule has 0 bridgehead atoms. The maximum absolute atomic E-state index is 12.2. The summed E-state index contributed by atoms with van der Waals surface area (Å²) in [5.74, 6) is -1.72. The van der Waals surface area contributed by atoms with Gasteiger partial charge < -0.3 is 20.5 Å². The van der Waals surface area contributed by atoms with Gasteiger partial charge in [0.25, 0.3) is 0 Å². The van der Waals surface area contributed by atoms with Gasteiger partial charge >= 0.3 is 17.9 Å². The predicted octanol–water partition coefficient (Wildman–Crippen LogP) is 0.659. The smallest absolute Gasteiger partial charge is 0.331 e. The van der Waals surface area contributed by atoms with Crippen LogP contribution in [0.1, 0.15) is 40.0 Å². The van der Waals surface area contributed by atoms with E-state index < -0.39 is 30.0 Å². The van der Waals surface area contributed by atoms with Gasteiger partial charge in [-0.2, -0.15) is 12.6 Å². The molecule has 0 aromatic heterocycles. The molecule has 1 saturated carbocycles. The molecule has 1 rings (SSSR count). The van der Waals surface area contributed by atoms with Crippen molar-refractivity contribution in [2.75, 3.05) is 12.9 Å². The number of thiol groups is 1. The van der Waals surface area contributed by atoms with E-state index in [-0.39, 0.29) is 23.6 Å². The summed E-state index contributed by atoms with van der Waals surface area (Å²) in [4.78, 5) is 35.2. The van der Waals surface area contributed by atoms with E-state index >= 15 is 0 Å². The van der Waals surface area contributed by atoms with Crippen molar-refractivity contribution >= 4 is 30.5 Å². The van der Waals surface area contributed by atoms with E-state index in [2.05, 4.69) is 43.5 Å². The number of hydrogen-bond acceptors (Lipinski definition) is 8. The van der Waals surface area contributed by atoms with Gasteiger partial charge in [-0.15, -0.1) is 0 Å². The molecule has 1 fully saturated rings. The zero-order chi connectivity index (χ0) is 18.5. The summed E-state index contributed by atoms with van der Waals surface area (Å²) in [6.07, 6.45) is 1.79. The number of ether oxygens (including phenoxy) is 2. The molecule has 4 atom stereocenters. The minimum absolute atomic E-state index is 0.0478.